The molecule has 0 aromatic heterocycles. The molecule has 3 rings (SSSR count). The highest BCUT2D eigenvalue weighted by molar-refractivity contribution is 6.07. The van der Waals surface area contributed by atoms with Crippen LogP contribution in [0.3, 0.4) is 0 Å². The van der Waals surface area contributed by atoms with E-state index in [-0.39, 0.29) is 5.56 Å². The van der Waals surface area contributed by atoms with Gasteiger partial charge in [0.05, 0.1) is 12.1 Å². The molecule has 142 valence electrons. The maximum atomic E-state index is 13.3. The van der Waals surface area contributed by atoms with Crippen molar-refractivity contribution in [2.45, 2.75) is 38.0 Å². The van der Waals surface area contributed by atoms with Crippen molar-refractivity contribution in [2.75, 3.05) is 0 Å². The summed E-state index contributed by atoms with van der Waals surface area (Å²) in [5, 5.41) is 2.72. The molecular formula is C20H19F3N2O2. The lowest BCUT2D eigenvalue weighted by atomic mass is 9.85. The van der Waals surface area contributed by atoms with Crippen LogP contribution in [0, 0.1) is 0 Å². The number of amides is 3. The summed E-state index contributed by atoms with van der Waals surface area (Å²) in [6.45, 7) is 1.45. The summed E-state index contributed by atoms with van der Waals surface area (Å²) in [6.07, 6.45) is -3.58. The second-order valence-corrected chi connectivity index (χ2v) is 6.50. The van der Waals surface area contributed by atoms with Crippen molar-refractivity contribution >= 4 is 11.9 Å². The molecule has 0 radical (unpaired) electrons. The van der Waals surface area contributed by atoms with Gasteiger partial charge in [-0.05, 0) is 23.6 Å². The molecule has 1 heterocycles. The van der Waals surface area contributed by atoms with E-state index in [1.165, 1.54) is 18.2 Å². The summed E-state index contributed by atoms with van der Waals surface area (Å²) >= 11 is 0. The molecule has 2 aromatic rings. The van der Waals surface area contributed by atoms with E-state index in [9.17, 15) is 22.8 Å². The van der Waals surface area contributed by atoms with Crippen molar-refractivity contribution in [3.8, 4) is 0 Å². The smallest absolute Gasteiger partial charge is 0.319 e. The Labute approximate surface area is 155 Å². The van der Waals surface area contributed by atoms with Crippen LogP contribution in [0.2, 0.25) is 0 Å². The van der Waals surface area contributed by atoms with Crippen molar-refractivity contribution in [1.82, 2.24) is 10.2 Å². The largest absolute Gasteiger partial charge is 0.416 e. The minimum absolute atomic E-state index is 0.117. The minimum atomic E-state index is -4.56. The van der Waals surface area contributed by atoms with Gasteiger partial charge in [0.15, 0.2) is 0 Å². The van der Waals surface area contributed by atoms with Gasteiger partial charge in [0, 0.05) is 0 Å². The lowest BCUT2D eigenvalue weighted by molar-refractivity contribution is -0.139. The number of carbonyl (C=O) groups is 2. The number of rotatable bonds is 5. The Morgan fingerprint density at radius 3 is 2.26 bits per heavy atom. The van der Waals surface area contributed by atoms with Crippen LogP contribution < -0.4 is 5.32 Å². The van der Waals surface area contributed by atoms with Crippen LogP contribution in [-0.4, -0.2) is 16.8 Å². The SMILES string of the molecule is CCCC1(c2ccccc2)NC(=O)N(Cc2ccccc2C(F)(F)F)C1=O. The van der Waals surface area contributed by atoms with Crippen LogP contribution in [0.4, 0.5) is 18.0 Å². The number of carbonyl (C=O) groups excluding carboxylic acids is 2. The second-order valence-electron chi connectivity index (χ2n) is 6.50. The molecule has 0 aliphatic carbocycles. The lowest BCUT2D eigenvalue weighted by Crippen LogP contribution is -2.43. The minimum Gasteiger partial charge on any atom is -0.319 e. The first-order valence-corrected chi connectivity index (χ1v) is 8.64. The molecule has 1 saturated heterocycles. The van der Waals surface area contributed by atoms with Gasteiger partial charge in [-0.25, -0.2) is 4.79 Å². The molecule has 1 fully saturated rings. The molecule has 4 nitrogen and oxygen atoms in total. The predicted octanol–water partition coefficient (Wildman–Crippen LogP) is 4.45. The van der Waals surface area contributed by atoms with E-state index >= 15 is 0 Å². The maximum Gasteiger partial charge on any atom is 0.416 e. The standard InChI is InChI=1S/C20H19F3N2O2/c1-2-12-19(15-9-4-3-5-10-15)17(26)25(18(27)24-19)13-14-8-6-7-11-16(14)20(21,22)23/h3-11H,2,12-13H2,1H3,(H,24,27). The van der Waals surface area contributed by atoms with Crippen molar-refractivity contribution in [2.24, 2.45) is 0 Å². The van der Waals surface area contributed by atoms with Gasteiger partial charge in [-0.2, -0.15) is 13.2 Å². The Morgan fingerprint density at radius 1 is 1.00 bits per heavy atom. The highest BCUT2D eigenvalue weighted by atomic mass is 19.4. The number of hydrogen-bond acceptors (Lipinski definition) is 2. The zero-order chi connectivity index (χ0) is 19.7. The molecule has 1 atom stereocenters. The number of hydrogen-bond donors (Lipinski definition) is 1. The average molecular weight is 376 g/mol. The number of urea groups is 1. The van der Waals surface area contributed by atoms with E-state index in [2.05, 4.69) is 5.32 Å². The van der Waals surface area contributed by atoms with E-state index in [4.69, 9.17) is 0 Å². The zero-order valence-corrected chi connectivity index (χ0v) is 14.7. The molecule has 3 amide bonds. The summed E-state index contributed by atoms with van der Waals surface area (Å²) in [5.74, 6) is -0.530. The van der Waals surface area contributed by atoms with Crippen molar-refractivity contribution < 1.29 is 22.8 Å². The van der Waals surface area contributed by atoms with E-state index in [0.717, 1.165) is 11.0 Å². The van der Waals surface area contributed by atoms with Crippen LogP contribution in [0.15, 0.2) is 54.6 Å². The van der Waals surface area contributed by atoms with Gasteiger partial charge in [0.25, 0.3) is 5.91 Å². The van der Waals surface area contributed by atoms with E-state index in [1.807, 2.05) is 6.92 Å². The highest BCUT2D eigenvalue weighted by Crippen LogP contribution is 2.36. The second kappa shape index (κ2) is 7.06. The van der Waals surface area contributed by atoms with Crippen LogP contribution in [0.1, 0.15) is 36.5 Å². The number of alkyl halides is 3. The number of nitrogens with zero attached hydrogens (tertiary/aromatic N) is 1. The molecule has 7 heteroatoms. The van der Waals surface area contributed by atoms with E-state index in [0.29, 0.717) is 18.4 Å². The van der Waals surface area contributed by atoms with Crippen LogP contribution in [0.25, 0.3) is 0 Å². The maximum absolute atomic E-state index is 13.3. The topological polar surface area (TPSA) is 49.4 Å². The lowest BCUT2D eigenvalue weighted by Gasteiger charge is -2.27. The molecule has 27 heavy (non-hydrogen) atoms. The van der Waals surface area contributed by atoms with Crippen LogP contribution >= 0.6 is 0 Å². The summed E-state index contributed by atoms with van der Waals surface area (Å²) in [7, 11) is 0. The summed E-state index contributed by atoms with van der Waals surface area (Å²) in [5.41, 5.74) is -1.59. The van der Waals surface area contributed by atoms with E-state index in [1.54, 1.807) is 30.3 Å². The third-order valence-corrected chi connectivity index (χ3v) is 4.72. The fourth-order valence-electron chi connectivity index (χ4n) is 3.48. The van der Waals surface area contributed by atoms with Gasteiger partial charge in [-0.15, -0.1) is 0 Å². The van der Waals surface area contributed by atoms with Crippen LogP contribution in [0.5, 0.6) is 0 Å². The highest BCUT2D eigenvalue weighted by Gasteiger charge is 2.52. The quantitative estimate of drug-likeness (QED) is 0.784. The van der Waals surface area contributed by atoms with Gasteiger partial charge in [-0.1, -0.05) is 61.9 Å². The Kier molecular flexibility index (Phi) is 4.95. The Hall–Kier alpha value is -2.83. The van der Waals surface area contributed by atoms with Gasteiger partial charge in [-0.3, -0.25) is 9.69 Å². The average Bonchev–Trinajstić information content (AvgIpc) is 2.87. The summed E-state index contributed by atoms with van der Waals surface area (Å²) in [4.78, 5) is 26.5. The molecule has 1 aliphatic heterocycles. The zero-order valence-electron chi connectivity index (χ0n) is 14.7. The Bertz CT molecular complexity index is 852. The van der Waals surface area contributed by atoms with Crippen molar-refractivity contribution in [1.29, 1.82) is 0 Å². The predicted molar refractivity (Wildman–Crippen MR) is 93.6 cm³/mol. The van der Waals surface area contributed by atoms with Crippen LogP contribution in [-0.2, 0) is 23.1 Å². The van der Waals surface area contributed by atoms with Gasteiger partial charge >= 0.3 is 12.2 Å². The normalized spacial score (nSPS) is 20.1. The Balaban J connectivity index is 1.98. The van der Waals surface area contributed by atoms with Gasteiger partial charge < -0.3 is 5.32 Å². The number of halogens is 3. The van der Waals surface area contributed by atoms with Gasteiger partial charge in [0.2, 0.25) is 0 Å². The molecule has 0 spiro atoms. The first-order valence-electron chi connectivity index (χ1n) is 8.64. The third-order valence-electron chi connectivity index (χ3n) is 4.72. The monoisotopic (exact) mass is 376 g/mol. The molecule has 0 saturated carbocycles. The number of benzene rings is 2. The van der Waals surface area contributed by atoms with E-state index < -0.39 is 35.8 Å². The molecular weight excluding hydrogens is 357 g/mol. The first kappa shape index (κ1) is 18.9. The van der Waals surface area contributed by atoms with Crippen molar-refractivity contribution in [3.63, 3.8) is 0 Å². The summed E-state index contributed by atoms with van der Waals surface area (Å²) in [6, 6.07) is 13.1. The Morgan fingerprint density at radius 2 is 1.63 bits per heavy atom. The van der Waals surface area contributed by atoms with Gasteiger partial charge in [0.1, 0.15) is 5.54 Å². The fraction of sp³-hybridized carbons (Fsp3) is 0.300. The molecule has 1 unspecified atom stereocenters. The summed E-state index contributed by atoms with van der Waals surface area (Å²) < 4.78 is 39.8. The fourth-order valence-corrected chi connectivity index (χ4v) is 3.48. The molecule has 1 aliphatic rings. The molecule has 2 aromatic carbocycles. The third kappa shape index (κ3) is 3.41. The number of imide groups is 1. The van der Waals surface area contributed by atoms with Crippen molar-refractivity contribution in [3.05, 3.63) is 71.3 Å². The molecule has 0 bridgehead atoms. The first-order chi connectivity index (χ1) is 12.8. The number of nitrogens with one attached hydrogen (secondary N) is 1. The molecule has 1 N–H and O–H groups in total.